The van der Waals surface area contributed by atoms with Crippen LogP contribution in [0.1, 0.15) is 6.92 Å². The Morgan fingerprint density at radius 2 is 1.69 bits per heavy atom. The summed E-state index contributed by atoms with van der Waals surface area (Å²) < 4.78 is 56.7. The summed E-state index contributed by atoms with van der Waals surface area (Å²) in [7, 11) is -4.14. The van der Waals surface area contributed by atoms with Crippen LogP contribution < -0.4 is 5.32 Å². The molecule has 0 aromatic carbocycles. The van der Waals surface area contributed by atoms with Crippen molar-refractivity contribution in [3.63, 3.8) is 0 Å². The summed E-state index contributed by atoms with van der Waals surface area (Å²) in [5.41, 5.74) is 0. The molecule has 0 radical (unpaired) electrons. The number of nitrogens with one attached hydrogen (secondary N) is 1. The minimum Gasteiger partial charge on any atom is -0.479 e. The van der Waals surface area contributed by atoms with Gasteiger partial charge in [0.25, 0.3) is 0 Å². The Bertz CT molecular complexity index is 777. The van der Waals surface area contributed by atoms with Crippen LogP contribution in [-0.4, -0.2) is 125 Å². The van der Waals surface area contributed by atoms with E-state index in [-0.39, 0.29) is 0 Å². The van der Waals surface area contributed by atoms with Crippen LogP contribution in [0.2, 0.25) is 0 Å². The van der Waals surface area contributed by atoms with Gasteiger partial charge in [-0.2, -0.15) is 8.42 Å². The van der Waals surface area contributed by atoms with Gasteiger partial charge in [-0.1, -0.05) is 0 Å². The molecule has 0 aromatic rings. The maximum atomic E-state index is 11.6. The van der Waals surface area contributed by atoms with Crippen molar-refractivity contribution >= 4 is 22.3 Å². The largest absolute Gasteiger partial charge is 0.479 e. The molecule has 1 amide bonds. The number of aliphatic hydroxyl groups is 4. The van der Waals surface area contributed by atoms with Gasteiger partial charge in [0, 0.05) is 14.0 Å². The molecule has 186 valence electrons. The molecule has 17 heteroatoms. The Hall–Kier alpha value is -1.51. The third kappa shape index (κ3) is 6.08. The average Bonchev–Trinajstić information content (AvgIpc) is 2.68. The number of aliphatic hydroxyl groups excluding tert-OH is 4. The summed E-state index contributed by atoms with van der Waals surface area (Å²) in [4.78, 5) is 23.1. The van der Waals surface area contributed by atoms with Gasteiger partial charge in [0.2, 0.25) is 5.91 Å². The molecule has 2 aliphatic heterocycles. The third-order valence-corrected chi connectivity index (χ3v) is 5.26. The molecule has 0 bridgehead atoms. The Kier molecular flexibility index (Phi) is 8.87. The number of ether oxygens (including phenoxy) is 4. The normalized spacial score (nSPS) is 40.6. The van der Waals surface area contributed by atoms with Crippen LogP contribution in [0.3, 0.4) is 0 Å². The van der Waals surface area contributed by atoms with Gasteiger partial charge in [0.1, 0.15) is 42.7 Å². The van der Waals surface area contributed by atoms with E-state index in [4.69, 9.17) is 23.5 Å². The molecule has 2 heterocycles. The predicted octanol–water partition coefficient (Wildman–Crippen LogP) is -4.68. The zero-order chi connectivity index (χ0) is 24.4. The molecule has 7 N–H and O–H groups in total. The van der Waals surface area contributed by atoms with E-state index in [1.807, 2.05) is 0 Å². The Morgan fingerprint density at radius 3 is 2.16 bits per heavy atom. The SMILES string of the molecule is CO[C@@H]1C(C(=O)O)O[C@@H](O[C@@H]2C(NC(C)=O)[C@H](O)OC(CO)[C@@H]2OS(=O)(=O)O)C(O)[C@H]1O. The first-order valence-electron chi connectivity index (χ1n) is 9.10. The number of carboxylic acids is 1. The lowest BCUT2D eigenvalue weighted by Crippen LogP contribution is -2.68. The van der Waals surface area contributed by atoms with Crippen molar-refractivity contribution in [2.75, 3.05) is 13.7 Å². The first-order chi connectivity index (χ1) is 14.8. The summed E-state index contributed by atoms with van der Waals surface area (Å²) in [5.74, 6) is -2.35. The molecule has 0 spiro atoms. The maximum absolute atomic E-state index is 11.6. The highest BCUT2D eigenvalue weighted by Crippen LogP contribution is 2.31. The molecule has 2 aliphatic rings. The van der Waals surface area contributed by atoms with Gasteiger partial charge < -0.3 is 49.8 Å². The number of hydrogen-bond acceptors (Lipinski definition) is 13. The van der Waals surface area contributed by atoms with Gasteiger partial charge in [-0.05, 0) is 0 Å². The smallest absolute Gasteiger partial charge is 0.397 e. The van der Waals surface area contributed by atoms with Crippen molar-refractivity contribution in [3.05, 3.63) is 0 Å². The van der Waals surface area contributed by atoms with E-state index in [0.717, 1.165) is 14.0 Å². The average molecular weight is 491 g/mol. The zero-order valence-electron chi connectivity index (χ0n) is 16.7. The van der Waals surface area contributed by atoms with E-state index in [1.54, 1.807) is 0 Å². The van der Waals surface area contributed by atoms with Gasteiger partial charge in [-0.3, -0.25) is 9.35 Å². The number of carbonyl (C=O) groups excluding carboxylic acids is 1. The summed E-state index contributed by atoms with van der Waals surface area (Å²) in [6.45, 7) is 0.0734. The summed E-state index contributed by atoms with van der Waals surface area (Å²) >= 11 is 0. The molecule has 2 saturated heterocycles. The second-order valence-corrected chi connectivity index (χ2v) is 8.06. The first-order valence-corrected chi connectivity index (χ1v) is 10.5. The van der Waals surface area contributed by atoms with Crippen LogP contribution in [0.15, 0.2) is 0 Å². The number of amides is 1. The molecule has 0 aliphatic carbocycles. The summed E-state index contributed by atoms with van der Waals surface area (Å²) in [5, 5.41) is 51.8. The molecule has 2 rings (SSSR count). The number of carboxylic acid groups (broad SMARTS) is 1. The highest BCUT2D eigenvalue weighted by Gasteiger charge is 2.54. The minimum atomic E-state index is -5.20. The fourth-order valence-electron chi connectivity index (χ4n) is 3.44. The molecule has 16 nitrogen and oxygen atoms in total. The van der Waals surface area contributed by atoms with E-state index in [9.17, 15) is 43.5 Å². The van der Waals surface area contributed by atoms with E-state index in [1.165, 1.54) is 0 Å². The molecular formula is C15H25NO15S. The summed E-state index contributed by atoms with van der Waals surface area (Å²) in [6.07, 6.45) is -16.4. The van der Waals surface area contributed by atoms with Crippen LogP contribution in [0.25, 0.3) is 0 Å². The third-order valence-electron chi connectivity index (χ3n) is 4.80. The highest BCUT2D eigenvalue weighted by atomic mass is 32.3. The number of methoxy groups -OCH3 is 1. The van der Waals surface area contributed by atoms with Crippen molar-refractivity contribution < 1.29 is 71.2 Å². The zero-order valence-corrected chi connectivity index (χ0v) is 17.6. The van der Waals surface area contributed by atoms with Gasteiger partial charge in [-0.25, -0.2) is 8.98 Å². The van der Waals surface area contributed by atoms with Crippen molar-refractivity contribution in [2.24, 2.45) is 0 Å². The first kappa shape index (κ1) is 26.7. The molecule has 10 atom stereocenters. The van der Waals surface area contributed by atoms with E-state index >= 15 is 0 Å². The molecule has 0 saturated carbocycles. The minimum absolute atomic E-state index is 0.757. The Balaban J connectivity index is 2.43. The number of rotatable bonds is 8. The van der Waals surface area contributed by atoms with Crippen LogP contribution in [-0.2, 0) is 43.1 Å². The van der Waals surface area contributed by atoms with Gasteiger partial charge in [-0.15, -0.1) is 0 Å². The topological polar surface area (TPSA) is 248 Å². The lowest BCUT2D eigenvalue weighted by Gasteiger charge is -2.47. The van der Waals surface area contributed by atoms with E-state index in [2.05, 4.69) is 9.50 Å². The van der Waals surface area contributed by atoms with E-state index in [0.29, 0.717) is 0 Å². The second kappa shape index (κ2) is 10.6. The van der Waals surface area contributed by atoms with Crippen molar-refractivity contribution in [1.82, 2.24) is 5.32 Å². The number of carbonyl (C=O) groups is 2. The fraction of sp³-hybridized carbons (Fsp3) is 0.867. The van der Waals surface area contributed by atoms with Gasteiger partial charge in [0.05, 0.1) is 6.61 Å². The molecule has 32 heavy (non-hydrogen) atoms. The standard InChI is InChI=1S/C15H25NO15S/c1-4(18)16-6-10(9(31-32(24,25)26)5(3-17)28-14(6)23)29-15-8(20)7(19)11(27-2)12(30-15)13(21)22/h5-12,14-15,17,19-20,23H,3H2,1-2H3,(H,16,18)(H,21,22)(H,24,25,26)/t5?,6?,7-,8?,9+,10-,11+,12?,14-,15-/m1/s1. The van der Waals surface area contributed by atoms with Crippen LogP contribution in [0, 0.1) is 0 Å². The van der Waals surface area contributed by atoms with Crippen LogP contribution in [0.5, 0.6) is 0 Å². The molecule has 4 unspecified atom stereocenters. The van der Waals surface area contributed by atoms with E-state index < -0.39 is 90.2 Å². The molecule has 0 aromatic heterocycles. The number of aliphatic carboxylic acids is 1. The van der Waals surface area contributed by atoms with Crippen molar-refractivity contribution in [1.29, 1.82) is 0 Å². The summed E-state index contributed by atoms with van der Waals surface area (Å²) in [6, 6.07) is -1.61. The molecule has 2 fully saturated rings. The van der Waals surface area contributed by atoms with Crippen LogP contribution in [0.4, 0.5) is 0 Å². The monoisotopic (exact) mass is 491 g/mol. The Labute approximate surface area is 181 Å². The predicted molar refractivity (Wildman–Crippen MR) is 96.0 cm³/mol. The number of hydrogen-bond donors (Lipinski definition) is 7. The maximum Gasteiger partial charge on any atom is 0.397 e. The van der Waals surface area contributed by atoms with Crippen molar-refractivity contribution in [3.8, 4) is 0 Å². The second-order valence-electron chi connectivity index (χ2n) is 7.01. The highest BCUT2D eigenvalue weighted by molar-refractivity contribution is 7.80. The van der Waals surface area contributed by atoms with Crippen molar-refractivity contribution in [2.45, 2.75) is 68.3 Å². The Morgan fingerprint density at radius 1 is 1.06 bits per heavy atom. The molecular weight excluding hydrogens is 466 g/mol. The lowest BCUT2D eigenvalue weighted by molar-refractivity contribution is -0.336. The lowest BCUT2D eigenvalue weighted by atomic mass is 9.95. The van der Waals surface area contributed by atoms with Gasteiger partial charge in [0.15, 0.2) is 18.7 Å². The quantitative estimate of drug-likeness (QED) is 0.158. The fourth-order valence-corrected chi connectivity index (χ4v) is 3.95. The van der Waals surface area contributed by atoms with Gasteiger partial charge >= 0.3 is 16.4 Å². The van der Waals surface area contributed by atoms with Crippen LogP contribution >= 0.6 is 0 Å².